The number of unbranched alkanes of at least 4 members (excludes halogenated alkanes) is 1. The maximum Gasteiger partial charge on any atom is 0.334 e. The third kappa shape index (κ3) is 8.16. The van der Waals surface area contributed by atoms with Crippen molar-refractivity contribution in [2.45, 2.75) is 51.5 Å². The van der Waals surface area contributed by atoms with E-state index in [0.29, 0.717) is 18.0 Å². The van der Waals surface area contributed by atoms with Crippen molar-refractivity contribution in [3.8, 4) is 0 Å². The maximum atomic E-state index is 12.3. The Hall–Kier alpha value is -2.49. The van der Waals surface area contributed by atoms with Crippen LogP contribution in [-0.2, 0) is 28.8 Å². The highest BCUT2D eigenvalue weighted by Gasteiger charge is 2.32. The van der Waals surface area contributed by atoms with Gasteiger partial charge in [0, 0.05) is 32.9 Å². The molecule has 0 aromatic heterocycles. The second kappa shape index (κ2) is 11.3. The first-order chi connectivity index (χ1) is 12.7. The van der Waals surface area contributed by atoms with Crippen molar-refractivity contribution in [3.63, 3.8) is 0 Å². The summed E-state index contributed by atoms with van der Waals surface area (Å²) in [5.74, 6) is -2.13. The Morgan fingerprint density at radius 2 is 1.70 bits per heavy atom. The largest absolute Gasteiger partial charge is 0.356 e. The highest BCUT2D eigenvalue weighted by Crippen LogP contribution is 2.12. The molecule has 0 aromatic carbocycles. The summed E-state index contributed by atoms with van der Waals surface area (Å²) >= 11 is 0. The van der Waals surface area contributed by atoms with E-state index in [9.17, 15) is 24.0 Å². The molecule has 2 N–H and O–H groups in total. The summed E-state index contributed by atoms with van der Waals surface area (Å²) < 4.78 is 0. The Morgan fingerprint density at radius 3 is 2.26 bits per heavy atom. The van der Waals surface area contributed by atoms with Crippen molar-refractivity contribution in [2.24, 2.45) is 0 Å². The van der Waals surface area contributed by atoms with Crippen LogP contribution in [0.25, 0.3) is 0 Å². The van der Waals surface area contributed by atoms with Crippen LogP contribution in [0.1, 0.15) is 45.4 Å². The number of hydrogen-bond donors (Lipinski definition) is 2. The van der Waals surface area contributed by atoms with Crippen molar-refractivity contribution in [3.05, 3.63) is 0 Å². The number of hydrogen-bond acceptors (Lipinski definition) is 7. The third-order valence-electron chi connectivity index (χ3n) is 4.03. The van der Waals surface area contributed by atoms with Gasteiger partial charge in [-0.05, 0) is 33.4 Å². The number of hydroxylamine groups is 2. The molecule has 0 aromatic rings. The van der Waals surface area contributed by atoms with Crippen molar-refractivity contribution in [1.29, 1.82) is 0 Å². The van der Waals surface area contributed by atoms with Gasteiger partial charge in [-0.1, -0.05) is 0 Å². The number of imide groups is 1. The molecule has 0 radical (unpaired) electrons. The van der Waals surface area contributed by atoms with Gasteiger partial charge in [-0.3, -0.25) is 24.1 Å². The molecule has 1 rings (SSSR count). The standard InChI is InChI=1S/C17H28N4O6/c1-12(22)18-10-5-4-6-13(20(2)3)17(26)19-11-9-16(25)27-21-14(23)7-8-15(21)24/h13H,4-11H2,1-3H3,(H,18,22)(H,19,26)/i10+1,11+1,18+1,19+1. The van der Waals surface area contributed by atoms with Crippen LogP contribution < -0.4 is 10.6 Å². The zero-order valence-electron chi connectivity index (χ0n) is 16.1. The molecule has 1 aliphatic heterocycles. The fourth-order valence-electron chi connectivity index (χ4n) is 2.56. The third-order valence-corrected chi connectivity index (χ3v) is 4.03. The summed E-state index contributed by atoms with van der Waals surface area (Å²) in [6.45, 7) is 2.07. The number of likely N-dealkylation sites (N-methyl/N-ethyl adjacent to an activating group) is 1. The van der Waals surface area contributed by atoms with Gasteiger partial charge in [0.15, 0.2) is 0 Å². The molecule has 10 heteroatoms. The maximum absolute atomic E-state index is 12.3. The Morgan fingerprint density at radius 1 is 1.07 bits per heavy atom. The van der Waals surface area contributed by atoms with E-state index in [4.69, 9.17) is 4.84 Å². The lowest BCUT2D eigenvalue weighted by molar-refractivity contribution is -0.197. The Kier molecular flexibility index (Phi) is 9.41. The molecule has 4 amide bonds. The van der Waals surface area contributed by atoms with E-state index in [1.807, 2.05) is 0 Å². The molecule has 0 spiro atoms. The van der Waals surface area contributed by atoms with Crippen molar-refractivity contribution < 1.29 is 28.8 Å². The van der Waals surface area contributed by atoms with Crippen molar-refractivity contribution in [2.75, 3.05) is 27.2 Å². The van der Waals surface area contributed by atoms with Crippen molar-refractivity contribution in [1.82, 2.24) is 20.6 Å². The molecule has 1 unspecified atom stereocenters. The predicted molar refractivity (Wildman–Crippen MR) is 94.8 cm³/mol. The van der Waals surface area contributed by atoms with Crippen LogP contribution in [-0.4, -0.2) is 72.8 Å². The highest BCUT2D eigenvalue weighted by atomic mass is 16.7. The van der Waals surface area contributed by atoms with Gasteiger partial charge in [-0.15, -0.1) is 5.06 Å². The Bertz CT molecular complexity index is 562. The second-order valence-corrected chi connectivity index (χ2v) is 6.54. The summed E-state index contributed by atoms with van der Waals surface area (Å²) in [5.41, 5.74) is 0. The van der Waals surface area contributed by atoms with E-state index in [-0.39, 0.29) is 43.7 Å². The average Bonchev–Trinajstić information content (AvgIpc) is 2.89. The molecule has 152 valence electrons. The quantitative estimate of drug-likeness (QED) is 0.208. The number of carbonyl (C=O) groups is 5. The predicted octanol–water partition coefficient (Wildman–Crippen LogP) is -0.663. The molecule has 1 fully saturated rings. The molecule has 1 heterocycles. The van der Waals surface area contributed by atoms with Crippen LogP contribution >= 0.6 is 0 Å². The summed E-state index contributed by atoms with van der Waals surface area (Å²) in [5, 5.41) is 5.85. The van der Waals surface area contributed by atoms with Crippen LogP contribution in [0.15, 0.2) is 0 Å². The highest BCUT2D eigenvalue weighted by molar-refractivity contribution is 6.01. The van der Waals surface area contributed by atoms with Gasteiger partial charge < -0.3 is 15.5 Å². The van der Waals surface area contributed by atoms with E-state index in [1.165, 1.54) is 6.92 Å². The van der Waals surface area contributed by atoms with Crippen LogP contribution in [0.3, 0.4) is 0 Å². The number of carbonyl (C=O) groups excluding carboxylic acids is 5. The van der Waals surface area contributed by atoms with Gasteiger partial charge in [-0.25, -0.2) is 4.79 Å². The lowest BCUT2D eigenvalue weighted by Gasteiger charge is -2.23. The van der Waals surface area contributed by atoms with Gasteiger partial charge in [-0.2, -0.15) is 0 Å². The minimum Gasteiger partial charge on any atom is -0.356 e. The first kappa shape index (κ1) is 22.6. The minimum absolute atomic E-state index is 0.0370. The first-order valence-electron chi connectivity index (χ1n) is 8.97. The lowest BCUT2D eigenvalue weighted by Crippen LogP contribution is -2.44. The molecular formula is C17H28N4O6. The summed E-state index contributed by atoms with van der Waals surface area (Å²) in [6, 6.07) is -0.361. The van der Waals surface area contributed by atoms with Gasteiger partial charge in [0.2, 0.25) is 11.8 Å². The van der Waals surface area contributed by atoms with Crippen LogP contribution in [0, 0.1) is 0 Å². The van der Waals surface area contributed by atoms with E-state index in [0.717, 1.165) is 12.8 Å². The number of rotatable bonds is 11. The van der Waals surface area contributed by atoms with E-state index >= 15 is 0 Å². The summed E-state index contributed by atoms with van der Waals surface area (Å²) in [6.07, 6.45) is 2.06. The molecule has 1 saturated heterocycles. The number of amides is 4. The molecule has 0 aliphatic carbocycles. The smallest absolute Gasteiger partial charge is 0.334 e. The van der Waals surface area contributed by atoms with E-state index in [1.54, 1.807) is 19.0 Å². The summed E-state index contributed by atoms with van der Waals surface area (Å²) in [7, 11) is 3.58. The van der Waals surface area contributed by atoms with E-state index < -0.39 is 17.8 Å². The fourth-order valence-corrected chi connectivity index (χ4v) is 2.56. The van der Waals surface area contributed by atoms with Crippen LogP contribution in [0.2, 0.25) is 0 Å². The molecule has 1 aliphatic rings. The van der Waals surface area contributed by atoms with E-state index in [2.05, 4.69) is 10.6 Å². The molecule has 1 atom stereocenters. The minimum atomic E-state index is -0.754. The Labute approximate surface area is 158 Å². The second-order valence-electron chi connectivity index (χ2n) is 6.54. The zero-order chi connectivity index (χ0) is 20.4. The number of nitrogens with zero attached hydrogens (tertiary/aromatic N) is 2. The van der Waals surface area contributed by atoms with Crippen LogP contribution in [0.4, 0.5) is 0 Å². The summed E-state index contributed by atoms with van der Waals surface area (Å²) in [4.78, 5) is 64.1. The average molecular weight is 388 g/mol. The lowest BCUT2D eigenvalue weighted by atomic mass is 10.1. The molecule has 27 heavy (non-hydrogen) atoms. The SMILES string of the molecule is CC(=O)[15NH][13CH2]CCCC(C(=O)[15NH][13CH2]CC(=O)ON1C(=O)CCC1=O)N(C)C. The van der Waals surface area contributed by atoms with Crippen LogP contribution in [0.5, 0.6) is 0 Å². The molecule has 0 bridgehead atoms. The topological polar surface area (TPSA) is 125 Å². The van der Waals surface area contributed by atoms with Gasteiger partial charge in [0.25, 0.3) is 11.8 Å². The van der Waals surface area contributed by atoms with Gasteiger partial charge >= 0.3 is 5.97 Å². The first-order valence-corrected chi connectivity index (χ1v) is 8.97. The molecule has 0 saturated carbocycles. The van der Waals surface area contributed by atoms with Crippen molar-refractivity contribution >= 4 is 29.6 Å². The Balaban J connectivity index is 2.30. The monoisotopic (exact) mass is 388 g/mol. The molecular weight excluding hydrogens is 360 g/mol. The normalized spacial score (nSPS) is 15.0. The molecule has 10 nitrogen and oxygen atoms in total. The fraction of sp³-hybridized carbons (Fsp3) is 0.706. The van der Waals surface area contributed by atoms with Gasteiger partial charge in [0.1, 0.15) is 0 Å². The zero-order valence-corrected chi connectivity index (χ0v) is 16.1. The number of nitrogens with one attached hydrogen (secondary N) is 2. The van der Waals surface area contributed by atoms with Gasteiger partial charge in [0.05, 0.1) is 12.5 Å².